The number of para-hydroxylation sites is 1. The summed E-state index contributed by atoms with van der Waals surface area (Å²) in [6.07, 6.45) is 2.17. The molecule has 0 saturated carbocycles. The second-order valence-corrected chi connectivity index (χ2v) is 10.4. The molecule has 2 heterocycles. The number of anilines is 1. The minimum absolute atomic E-state index is 0.0515. The number of hydrogen-bond acceptors (Lipinski definition) is 6. The summed E-state index contributed by atoms with van der Waals surface area (Å²) in [5.74, 6) is 1.79. The molecule has 1 aliphatic heterocycles. The number of hydrogen-bond donors (Lipinski definition) is 1. The van der Waals surface area contributed by atoms with Gasteiger partial charge in [0, 0.05) is 18.8 Å². The third-order valence-corrected chi connectivity index (χ3v) is 7.71. The Morgan fingerprint density at radius 3 is 2.78 bits per heavy atom. The number of benzene rings is 2. The standard InChI is InChI=1S/C24H27N3O3S2/c1-16-9-11-27(12-10-16)23(29)15-31-24-26-19-8-7-18(13-21(19)32-24)25-22(28)14-30-20-6-4-3-5-17(20)2/h3-8,13,16H,9-12,14-15H2,1-2H3,(H,25,28). The quantitative estimate of drug-likeness (QED) is 0.495. The lowest BCUT2D eigenvalue weighted by molar-refractivity contribution is -0.129. The van der Waals surface area contributed by atoms with Crippen molar-refractivity contribution in [3.05, 3.63) is 48.0 Å². The summed E-state index contributed by atoms with van der Waals surface area (Å²) in [6, 6.07) is 13.3. The molecule has 6 nitrogen and oxygen atoms in total. The average molecular weight is 470 g/mol. The first kappa shape index (κ1) is 22.6. The minimum Gasteiger partial charge on any atom is -0.483 e. The first-order valence-corrected chi connectivity index (χ1v) is 12.6. The lowest BCUT2D eigenvalue weighted by Crippen LogP contribution is -2.38. The van der Waals surface area contributed by atoms with E-state index in [1.807, 2.05) is 54.3 Å². The highest BCUT2D eigenvalue weighted by molar-refractivity contribution is 8.01. The predicted molar refractivity (Wildman–Crippen MR) is 131 cm³/mol. The van der Waals surface area contributed by atoms with E-state index in [1.165, 1.54) is 23.1 Å². The van der Waals surface area contributed by atoms with Crippen LogP contribution in [0.3, 0.4) is 0 Å². The van der Waals surface area contributed by atoms with E-state index in [2.05, 4.69) is 17.2 Å². The number of piperidine rings is 1. The van der Waals surface area contributed by atoms with Crippen molar-refractivity contribution in [3.63, 3.8) is 0 Å². The number of nitrogens with one attached hydrogen (secondary N) is 1. The summed E-state index contributed by atoms with van der Waals surface area (Å²) < 4.78 is 7.45. The van der Waals surface area contributed by atoms with Crippen LogP contribution in [-0.4, -0.2) is 47.1 Å². The molecule has 4 rings (SSSR count). The fourth-order valence-corrected chi connectivity index (χ4v) is 5.58. The number of aromatic nitrogens is 1. The van der Waals surface area contributed by atoms with Crippen molar-refractivity contribution in [2.45, 2.75) is 31.0 Å². The topological polar surface area (TPSA) is 71.5 Å². The third kappa shape index (κ3) is 5.81. The maximum absolute atomic E-state index is 12.5. The van der Waals surface area contributed by atoms with Crippen molar-refractivity contribution in [2.75, 3.05) is 30.8 Å². The molecule has 32 heavy (non-hydrogen) atoms. The molecule has 0 bridgehead atoms. The number of aryl methyl sites for hydroxylation is 1. The summed E-state index contributed by atoms with van der Waals surface area (Å²) in [5, 5.41) is 2.88. The van der Waals surface area contributed by atoms with Gasteiger partial charge in [0.2, 0.25) is 5.91 Å². The highest BCUT2D eigenvalue weighted by atomic mass is 32.2. The molecule has 2 amide bonds. The van der Waals surface area contributed by atoms with Crippen LogP contribution in [0.1, 0.15) is 25.3 Å². The van der Waals surface area contributed by atoms with E-state index in [0.29, 0.717) is 23.1 Å². The summed E-state index contributed by atoms with van der Waals surface area (Å²) in [7, 11) is 0. The number of carbonyl (C=O) groups is 2. The van der Waals surface area contributed by atoms with Crippen LogP contribution in [-0.2, 0) is 9.59 Å². The zero-order valence-electron chi connectivity index (χ0n) is 18.3. The molecule has 0 unspecified atom stereocenters. The Labute approximate surface area is 196 Å². The first-order valence-electron chi connectivity index (χ1n) is 10.8. The van der Waals surface area contributed by atoms with Crippen LogP contribution < -0.4 is 10.1 Å². The van der Waals surface area contributed by atoms with Gasteiger partial charge in [-0.1, -0.05) is 36.9 Å². The minimum atomic E-state index is -0.215. The molecule has 0 radical (unpaired) electrons. The molecule has 1 aromatic heterocycles. The van der Waals surface area contributed by atoms with E-state index < -0.39 is 0 Å². The Bertz CT molecular complexity index is 1110. The maximum Gasteiger partial charge on any atom is 0.262 e. The maximum atomic E-state index is 12.5. The second kappa shape index (κ2) is 10.4. The third-order valence-electron chi connectivity index (χ3n) is 5.56. The van der Waals surface area contributed by atoms with E-state index in [9.17, 15) is 9.59 Å². The zero-order valence-corrected chi connectivity index (χ0v) is 19.9. The van der Waals surface area contributed by atoms with E-state index in [0.717, 1.165) is 46.1 Å². The Balaban J connectivity index is 1.31. The lowest BCUT2D eigenvalue weighted by Gasteiger charge is -2.30. The number of ether oxygens (including phenoxy) is 1. The summed E-state index contributed by atoms with van der Waals surface area (Å²) >= 11 is 3.02. The summed E-state index contributed by atoms with van der Waals surface area (Å²) in [6.45, 7) is 5.85. The average Bonchev–Trinajstić information content (AvgIpc) is 3.19. The van der Waals surface area contributed by atoms with Gasteiger partial charge in [0.1, 0.15) is 5.75 Å². The molecule has 0 aliphatic carbocycles. The molecule has 1 saturated heterocycles. The fraction of sp³-hybridized carbons (Fsp3) is 0.375. The van der Waals surface area contributed by atoms with Crippen LogP contribution in [0, 0.1) is 12.8 Å². The van der Waals surface area contributed by atoms with Crippen LogP contribution >= 0.6 is 23.1 Å². The lowest BCUT2D eigenvalue weighted by atomic mass is 9.99. The Kier molecular flexibility index (Phi) is 7.32. The van der Waals surface area contributed by atoms with Gasteiger partial charge in [-0.25, -0.2) is 4.98 Å². The van der Waals surface area contributed by atoms with Crippen molar-refractivity contribution >= 4 is 50.8 Å². The van der Waals surface area contributed by atoms with E-state index in [1.54, 1.807) is 0 Å². The van der Waals surface area contributed by atoms with Crippen LogP contribution in [0.5, 0.6) is 5.75 Å². The van der Waals surface area contributed by atoms with Gasteiger partial charge in [0.15, 0.2) is 10.9 Å². The molecule has 8 heteroatoms. The Morgan fingerprint density at radius 2 is 2.00 bits per heavy atom. The van der Waals surface area contributed by atoms with Crippen LogP contribution in [0.15, 0.2) is 46.8 Å². The van der Waals surface area contributed by atoms with Gasteiger partial charge in [-0.3, -0.25) is 9.59 Å². The van der Waals surface area contributed by atoms with Crippen molar-refractivity contribution in [1.29, 1.82) is 0 Å². The van der Waals surface area contributed by atoms with Gasteiger partial charge >= 0.3 is 0 Å². The second-order valence-electron chi connectivity index (χ2n) is 8.12. The molecule has 0 spiro atoms. The molecular weight excluding hydrogens is 442 g/mol. The normalized spacial score (nSPS) is 14.5. The molecule has 2 aromatic carbocycles. The van der Waals surface area contributed by atoms with Crippen LogP contribution in [0.4, 0.5) is 5.69 Å². The van der Waals surface area contributed by atoms with Crippen LogP contribution in [0.25, 0.3) is 10.2 Å². The summed E-state index contributed by atoms with van der Waals surface area (Å²) in [5.41, 5.74) is 2.56. The predicted octanol–water partition coefficient (Wildman–Crippen LogP) is 4.97. The number of thiazole rings is 1. The van der Waals surface area contributed by atoms with E-state index in [4.69, 9.17) is 4.74 Å². The number of amides is 2. The van der Waals surface area contributed by atoms with Crippen molar-refractivity contribution in [3.8, 4) is 5.75 Å². The summed E-state index contributed by atoms with van der Waals surface area (Å²) in [4.78, 5) is 31.4. The Hall–Kier alpha value is -2.58. The largest absolute Gasteiger partial charge is 0.483 e. The first-order chi connectivity index (χ1) is 15.5. The molecule has 1 aliphatic rings. The van der Waals surface area contributed by atoms with Gasteiger partial charge in [-0.2, -0.15) is 0 Å². The number of likely N-dealkylation sites (tertiary alicyclic amines) is 1. The van der Waals surface area contributed by atoms with Crippen LogP contribution in [0.2, 0.25) is 0 Å². The fourth-order valence-electron chi connectivity index (χ4n) is 3.57. The number of thioether (sulfide) groups is 1. The zero-order chi connectivity index (χ0) is 22.5. The molecule has 3 aromatic rings. The number of rotatable bonds is 7. The Morgan fingerprint density at radius 1 is 1.22 bits per heavy atom. The number of carbonyl (C=O) groups excluding carboxylic acids is 2. The van der Waals surface area contributed by atoms with Gasteiger partial charge in [-0.15, -0.1) is 11.3 Å². The van der Waals surface area contributed by atoms with Gasteiger partial charge in [-0.05, 0) is 55.5 Å². The van der Waals surface area contributed by atoms with E-state index >= 15 is 0 Å². The van der Waals surface area contributed by atoms with Crippen molar-refractivity contribution in [1.82, 2.24) is 9.88 Å². The molecule has 1 N–H and O–H groups in total. The van der Waals surface area contributed by atoms with Crippen molar-refractivity contribution < 1.29 is 14.3 Å². The SMILES string of the molecule is Cc1ccccc1OCC(=O)Nc1ccc2nc(SCC(=O)N3CCC(C)CC3)sc2c1. The molecule has 0 atom stereocenters. The molecule has 1 fully saturated rings. The van der Waals surface area contributed by atoms with Gasteiger partial charge < -0.3 is 15.0 Å². The highest BCUT2D eigenvalue weighted by Crippen LogP contribution is 2.31. The van der Waals surface area contributed by atoms with Crippen molar-refractivity contribution in [2.24, 2.45) is 5.92 Å². The number of fused-ring (bicyclic) bond motifs is 1. The van der Waals surface area contributed by atoms with E-state index in [-0.39, 0.29) is 18.4 Å². The smallest absolute Gasteiger partial charge is 0.262 e. The highest BCUT2D eigenvalue weighted by Gasteiger charge is 2.20. The van der Waals surface area contributed by atoms with Gasteiger partial charge in [0.05, 0.1) is 16.0 Å². The van der Waals surface area contributed by atoms with Gasteiger partial charge in [0.25, 0.3) is 5.91 Å². The molecule has 168 valence electrons. The number of nitrogens with zero attached hydrogens (tertiary/aromatic N) is 2. The monoisotopic (exact) mass is 469 g/mol. The molecular formula is C24H27N3O3S2.